The summed E-state index contributed by atoms with van der Waals surface area (Å²) in [4.78, 5) is 6.21. The average Bonchev–Trinajstić information content (AvgIpc) is 2.57. The predicted octanol–water partition coefficient (Wildman–Crippen LogP) is 1.66. The van der Waals surface area contributed by atoms with Gasteiger partial charge in [0.05, 0.1) is 11.4 Å². The number of hydrogen-bond donors (Lipinski definition) is 0. The van der Waals surface area contributed by atoms with Gasteiger partial charge in [0.15, 0.2) is 6.73 Å². The standard InChI is InChI=1S/C9H10N2O/c1-8-9(3-2-4-10-8)11-5-6-12-7-11/h2-6H,7H2,1H3. The summed E-state index contributed by atoms with van der Waals surface area (Å²) >= 11 is 0. The van der Waals surface area contributed by atoms with Crippen molar-refractivity contribution in [2.24, 2.45) is 0 Å². The lowest BCUT2D eigenvalue weighted by Gasteiger charge is -2.14. The number of rotatable bonds is 1. The van der Waals surface area contributed by atoms with E-state index in [-0.39, 0.29) is 0 Å². The molecule has 1 aliphatic rings. The first-order chi connectivity index (χ1) is 5.88. The van der Waals surface area contributed by atoms with Crippen LogP contribution in [0.2, 0.25) is 0 Å². The Hall–Kier alpha value is -1.51. The summed E-state index contributed by atoms with van der Waals surface area (Å²) in [6.07, 6.45) is 5.38. The summed E-state index contributed by atoms with van der Waals surface area (Å²) < 4.78 is 5.08. The maximum absolute atomic E-state index is 5.08. The molecule has 1 aromatic heterocycles. The molecule has 0 spiro atoms. The van der Waals surface area contributed by atoms with E-state index in [0.29, 0.717) is 6.73 Å². The molecule has 1 aromatic rings. The molecule has 0 bridgehead atoms. The second kappa shape index (κ2) is 2.85. The third-order valence-corrected chi connectivity index (χ3v) is 1.84. The number of aromatic nitrogens is 1. The Morgan fingerprint density at radius 3 is 3.17 bits per heavy atom. The maximum atomic E-state index is 5.08. The Balaban J connectivity index is 2.33. The number of nitrogens with zero attached hydrogens (tertiary/aromatic N) is 2. The van der Waals surface area contributed by atoms with Crippen LogP contribution < -0.4 is 4.90 Å². The molecule has 1 aliphatic heterocycles. The van der Waals surface area contributed by atoms with Crippen LogP contribution in [0.4, 0.5) is 5.69 Å². The highest BCUT2D eigenvalue weighted by molar-refractivity contribution is 5.52. The van der Waals surface area contributed by atoms with E-state index < -0.39 is 0 Å². The van der Waals surface area contributed by atoms with Gasteiger partial charge >= 0.3 is 0 Å². The van der Waals surface area contributed by atoms with Crippen LogP contribution in [0.3, 0.4) is 0 Å². The summed E-state index contributed by atoms with van der Waals surface area (Å²) in [6, 6.07) is 3.95. The van der Waals surface area contributed by atoms with Gasteiger partial charge in [-0.2, -0.15) is 0 Å². The normalized spacial score (nSPS) is 14.9. The predicted molar refractivity (Wildman–Crippen MR) is 46.5 cm³/mol. The molecule has 0 amide bonds. The highest BCUT2D eigenvalue weighted by Crippen LogP contribution is 2.19. The number of anilines is 1. The van der Waals surface area contributed by atoms with E-state index >= 15 is 0 Å². The van der Waals surface area contributed by atoms with Crippen LogP contribution in [-0.2, 0) is 4.74 Å². The lowest BCUT2D eigenvalue weighted by molar-refractivity contribution is 0.282. The molecule has 0 saturated heterocycles. The molecular weight excluding hydrogens is 152 g/mol. The van der Waals surface area contributed by atoms with Gasteiger partial charge < -0.3 is 9.64 Å². The summed E-state index contributed by atoms with van der Waals surface area (Å²) in [7, 11) is 0. The second-order valence-corrected chi connectivity index (χ2v) is 2.66. The Labute approximate surface area is 71.3 Å². The molecular formula is C9H10N2O. The highest BCUT2D eigenvalue weighted by atomic mass is 16.5. The highest BCUT2D eigenvalue weighted by Gasteiger charge is 2.09. The van der Waals surface area contributed by atoms with Gasteiger partial charge in [-0.1, -0.05) is 0 Å². The molecule has 0 N–H and O–H groups in total. The molecule has 0 aliphatic carbocycles. The van der Waals surface area contributed by atoms with Gasteiger partial charge in [-0.05, 0) is 19.1 Å². The van der Waals surface area contributed by atoms with Crippen molar-refractivity contribution in [2.75, 3.05) is 11.6 Å². The van der Waals surface area contributed by atoms with E-state index in [1.807, 2.05) is 30.2 Å². The molecule has 0 saturated carbocycles. The van der Waals surface area contributed by atoms with E-state index in [1.165, 1.54) is 0 Å². The van der Waals surface area contributed by atoms with E-state index in [2.05, 4.69) is 4.98 Å². The fourth-order valence-corrected chi connectivity index (χ4v) is 1.21. The number of pyridine rings is 1. The topological polar surface area (TPSA) is 25.4 Å². The number of hydrogen-bond acceptors (Lipinski definition) is 3. The van der Waals surface area contributed by atoms with Gasteiger partial charge in [0.2, 0.25) is 0 Å². The van der Waals surface area contributed by atoms with Gasteiger partial charge in [-0.15, -0.1) is 0 Å². The van der Waals surface area contributed by atoms with Crippen LogP contribution in [0.5, 0.6) is 0 Å². The Kier molecular flexibility index (Phi) is 1.70. The first kappa shape index (κ1) is 7.16. The molecule has 3 heteroatoms. The molecule has 0 radical (unpaired) electrons. The summed E-state index contributed by atoms with van der Waals surface area (Å²) in [6.45, 7) is 2.58. The van der Waals surface area contributed by atoms with Crippen molar-refractivity contribution < 1.29 is 4.74 Å². The first-order valence-electron chi connectivity index (χ1n) is 3.84. The van der Waals surface area contributed by atoms with Gasteiger partial charge in [-0.3, -0.25) is 4.98 Å². The summed E-state index contributed by atoms with van der Waals surface area (Å²) in [5, 5.41) is 0. The minimum atomic E-state index is 0.590. The van der Waals surface area contributed by atoms with Crippen LogP contribution in [0.1, 0.15) is 5.69 Å². The molecule has 12 heavy (non-hydrogen) atoms. The van der Waals surface area contributed by atoms with Crippen molar-refractivity contribution in [1.29, 1.82) is 0 Å². The molecule has 0 atom stereocenters. The average molecular weight is 162 g/mol. The molecule has 0 unspecified atom stereocenters. The van der Waals surface area contributed by atoms with Crippen molar-refractivity contribution in [3.05, 3.63) is 36.5 Å². The van der Waals surface area contributed by atoms with Crippen molar-refractivity contribution in [3.63, 3.8) is 0 Å². The minimum absolute atomic E-state index is 0.590. The molecule has 0 aromatic carbocycles. The third-order valence-electron chi connectivity index (χ3n) is 1.84. The Bertz CT molecular complexity index is 309. The zero-order chi connectivity index (χ0) is 8.39. The van der Waals surface area contributed by atoms with E-state index in [9.17, 15) is 0 Å². The zero-order valence-corrected chi connectivity index (χ0v) is 6.90. The number of ether oxygens (including phenoxy) is 1. The maximum Gasteiger partial charge on any atom is 0.164 e. The van der Waals surface area contributed by atoms with Gasteiger partial charge in [-0.25, -0.2) is 0 Å². The SMILES string of the molecule is Cc1ncccc1N1C=COC1. The van der Waals surface area contributed by atoms with Crippen molar-refractivity contribution in [3.8, 4) is 0 Å². The lowest BCUT2D eigenvalue weighted by atomic mass is 10.3. The Morgan fingerprint density at radius 1 is 1.58 bits per heavy atom. The first-order valence-corrected chi connectivity index (χ1v) is 3.84. The van der Waals surface area contributed by atoms with E-state index in [1.54, 1.807) is 12.5 Å². The monoisotopic (exact) mass is 162 g/mol. The van der Waals surface area contributed by atoms with Gasteiger partial charge in [0.25, 0.3) is 0 Å². The Morgan fingerprint density at radius 2 is 2.50 bits per heavy atom. The van der Waals surface area contributed by atoms with Gasteiger partial charge in [0.1, 0.15) is 6.26 Å². The third kappa shape index (κ3) is 1.13. The molecule has 62 valence electrons. The van der Waals surface area contributed by atoms with E-state index in [0.717, 1.165) is 11.4 Å². The quantitative estimate of drug-likeness (QED) is 0.628. The van der Waals surface area contributed by atoms with Crippen LogP contribution in [-0.4, -0.2) is 11.7 Å². The smallest absolute Gasteiger partial charge is 0.164 e. The molecule has 3 nitrogen and oxygen atoms in total. The van der Waals surface area contributed by atoms with Crippen LogP contribution in [0.15, 0.2) is 30.8 Å². The molecule has 0 fully saturated rings. The zero-order valence-electron chi connectivity index (χ0n) is 6.90. The van der Waals surface area contributed by atoms with Crippen molar-refractivity contribution in [2.45, 2.75) is 6.92 Å². The minimum Gasteiger partial charge on any atom is -0.479 e. The summed E-state index contributed by atoms with van der Waals surface area (Å²) in [5.41, 5.74) is 2.12. The number of aryl methyl sites for hydroxylation is 1. The van der Waals surface area contributed by atoms with Crippen LogP contribution >= 0.6 is 0 Å². The summed E-state index contributed by atoms with van der Waals surface area (Å²) in [5.74, 6) is 0. The van der Waals surface area contributed by atoms with Crippen LogP contribution in [0.25, 0.3) is 0 Å². The molecule has 2 rings (SSSR count). The largest absolute Gasteiger partial charge is 0.479 e. The molecule has 2 heterocycles. The van der Waals surface area contributed by atoms with Crippen molar-refractivity contribution in [1.82, 2.24) is 4.98 Å². The fourth-order valence-electron chi connectivity index (χ4n) is 1.21. The second-order valence-electron chi connectivity index (χ2n) is 2.66. The van der Waals surface area contributed by atoms with Crippen LogP contribution in [0, 0.1) is 6.92 Å². The van der Waals surface area contributed by atoms with E-state index in [4.69, 9.17) is 4.74 Å². The lowest BCUT2D eigenvalue weighted by Crippen LogP contribution is -2.14. The van der Waals surface area contributed by atoms with Gasteiger partial charge in [0, 0.05) is 12.4 Å². The van der Waals surface area contributed by atoms with Crippen molar-refractivity contribution >= 4 is 5.69 Å². The fraction of sp³-hybridized carbons (Fsp3) is 0.222.